The number of hydrogen-bond acceptors (Lipinski definition) is 2. The van der Waals surface area contributed by atoms with Crippen molar-refractivity contribution >= 4 is 19.4 Å². The van der Waals surface area contributed by atoms with Crippen molar-refractivity contribution in [2.45, 2.75) is 18.5 Å². The topological polar surface area (TPSA) is 18.5 Å². The normalized spacial score (nSPS) is 12.2. The summed E-state index contributed by atoms with van der Waals surface area (Å²) >= 11 is 0.286. The van der Waals surface area contributed by atoms with Crippen LogP contribution in [0, 0.1) is 0 Å². The van der Waals surface area contributed by atoms with E-state index in [2.05, 4.69) is 36.4 Å². The number of ether oxygens (including phenoxy) is 2. The zero-order valence-corrected chi connectivity index (χ0v) is 13.4. The van der Waals surface area contributed by atoms with Gasteiger partial charge in [-0.2, -0.15) is 0 Å². The molecule has 0 aliphatic heterocycles. The van der Waals surface area contributed by atoms with E-state index >= 15 is 0 Å². The van der Waals surface area contributed by atoms with Crippen molar-refractivity contribution in [1.82, 2.24) is 0 Å². The average molecular weight is 335 g/mol. The zero-order chi connectivity index (χ0) is 14.0. The van der Waals surface area contributed by atoms with Crippen LogP contribution in [0.5, 0.6) is 0 Å². The fraction of sp³-hybridized carbons (Fsp3) is 0.294. The third kappa shape index (κ3) is 5.48. The molecule has 0 aliphatic rings. The molecule has 0 N–H and O–H groups in total. The van der Waals surface area contributed by atoms with Crippen molar-refractivity contribution < 1.29 is 9.47 Å². The average Bonchev–Trinajstić information content (AvgIpc) is 2.49. The summed E-state index contributed by atoms with van der Waals surface area (Å²) in [6, 6.07) is 20.8. The van der Waals surface area contributed by atoms with Crippen LogP contribution >= 0.6 is 0 Å². The van der Waals surface area contributed by atoms with E-state index < -0.39 is 0 Å². The van der Waals surface area contributed by atoms with E-state index in [4.69, 9.17) is 9.47 Å². The molecule has 20 heavy (non-hydrogen) atoms. The maximum absolute atomic E-state index is 5.80. The van der Waals surface area contributed by atoms with Crippen LogP contribution in [0.3, 0.4) is 0 Å². The van der Waals surface area contributed by atoms with E-state index in [-0.39, 0.29) is 20.0 Å². The molecule has 0 aliphatic carbocycles. The van der Waals surface area contributed by atoms with Gasteiger partial charge in [0.15, 0.2) is 0 Å². The predicted molar refractivity (Wildman–Crippen MR) is 83.3 cm³/mol. The first kappa shape index (κ1) is 15.3. The van der Waals surface area contributed by atoms with Gasteiger partial charge in [-0.05, 0) is 0 Å². The Hall–Kier alpha value is -1.12. The Balaban J connectivity index is 1.80. The van der Waals surface area contributed by atoms with Crippen LogP contribution < -0.4 is 4.46 Å². The molecule has 1 atom stereocenters. The van der Waals surface area contributed by atoms with Crippen LogP contribution in [0.4, 0.5) is 0 Å². The van der Waals surface area contributed by atoms with Crippen molar-refractivity contribution in [1.29, 1.82) is 0 Å². The van der Waals surface area contributed by atoms with E-state index in [1.54, 1.807) is 0 Å². The summed E-state index contributed by atoms with van der Waals surface area (Å²) < 4.78 is 12.9. The molecule has 2 aromatic carbocycles. The molecular formula is C17H20O2Se. The number of hydrogen-bond donors (Lipinski definition) is 0. The fourth-order valence-corrected chi connectivity index (χ4v) is 3.87. The van der Waals surface area contributed by atoms with Crippen LogP contribution in [-0.2, 0) is 16.1 Å². The summed E-state index contributed by atoms with van der Waals surface area (Å²) in [4.78, 5) is 0. The Morgan fingerprint density at radius 3 is 2.25 bits per heavy atom. The molecule has 0 amide bonds. The van der Waals surface area contributed by atoms with E-state index in [0.717, 1.165) is 6.61 Å². The molecule has 0 radical (unpaired) electrons. The van der Waals surface area contributed by atoms with E-state index in [0.29, 0.717) is 13.2 Å². The molecule has 0 aromatic heterocycles. The molecule has 106 valence electrons. The molecule has 0 fully saturated rings. The van der Waals surface area contributed by atoms with Crippen LogP contribution in [0.15, 0.2) is 60.7 Å². The Bertz CT molecular complexity index is 473. The molecule has 3 heteroatoms. The Kier molecular flexibility index (Phi) is 6.82. The van der Waals surface area contributed by atoms with E-state index in [9.17, 15) is 0 Å². The van der Waals surface area contributed by atoms with Gasteiger partial charge in [0, 0.05) is 0 Å². The summed E-state index contributed by atoms with van der Waals surface area (Å²) in [5.74, 6) is 0. The van der Waals surface area contributed by atoms with Gasteiger partial charge in [0.25, 0.3) is 0 Å². The minimum atomic E-state index is 0.179. The first-order valence-electron chi connectivity index (χ1n) is 6.83. The van der Waals surface area contributed by atoms with Crippen molar-refractivity contribution in [3.63, 3.8) is 0 Å². The summed E-state index contributed by atoms with van der Waals surface area (Å²) in [6.45, 7) is 4.06. The first-order chi connectivity index (χ1) is 9.88. The van der Waals surface area contributed by atoms with E-state index in [1.165, 1.54) is 10.0 Å². The van der Waals surface area contributed by atoms with Crippen molar-refractivity contribution in [3.05, 3.63) is 66.2 Å². The van der Waals surface area contributed by atoms with Crippen molar-refractivity contribution in [3.8, 4) is 0 Å². The van der Waals surface area contributed by atoms with Gasteiger partial charge >= 0.3 is 127 Å². The van der Waals surface area contributed by atoms with Crippen LogP contribution in [0.2, 0.25) is 0 Å². The molecular weight excluding hydrogens is 315 g/mol. The van der Waals surface area contributed by atoms with Gasteiger partial charge in [-0.15, -0.1) is 0 Å². The standard InChI is InChI=1S/C17H20O2Se/c1-2-19-17(20-16-11-7-4-8-12-16)14-18-13-15-9-5-3-6-10-15/h3-12,17H,2,13-14H2,1H3. The second-order valence-corrected chi connectivity index (χ2v) is 6.90. The molecule has 2 aromatic rings. The SMILES string of the molecule is CCOC(COCc1ccccc1)[Se]c1ccccc1. The van der Waals surface area contributed by atoms with Crippen molar-refractivity contribution in [2.24, 2.45) is 0 Å². The van der Waals surface area contributed by atoms with Gasteiger partial charge in [-0.1, -0.05) is 0 Å². The number of benzene rings is 2. The molecule has 0 spiro atoms. The third-order valence-electron chi connectivity index (χ3n) is 2.73. The second-order valence-electron chi connectivity index (χ2n) is 4.32. The summed E-state index contributed by atoms with van der Waals surface area (Å²) in [7, 11) is 0. The minimum absolute atomic E-state index is 0.179. The van der Waals surface area contributed by atoms with Crippen LogP contribution in [0.25, 0.3) is 0 Å². The quantitative estimate of drug-likeness (QED) is 0.691. The molecule has 0 bridgehead atoms. The second kappa shape index (κ2) is 8.93. The molecule has 0 heterocycles. The third-order valence-corrected chi connectivity index (χ3v) is 4.99. The molecule has 2 nitrogen and oxygen atoms in total. The summed E-state index contributed by atoms with van der Waals surface area (Å²) in [5, 5.41) is 0.179. The predicted octanol–water partition coefficient (Wildman–Crippen LogP) is 2.60. The number of rotatable bonds is 8. The van der Waals surface area contributed by atoms with E-state index in [1.807, 2.05) is 31.2 Å². The summed E-state index contributed by atoms with van der Waals surface area (Å²) in [6.07, 6.45) is 0. The van der Waals surface area contributed by atoms with Gasteiger partial charge < -0.3 is 0 Å². The monoisotopic (exact) mass is 336 g/mol. The summed E-state index contributed by atoms with van der Waals surface area (Å²) in [5.41, 5.74) is 1.20. The molecule has 0 saturated carbocycles. The van der Waals surface area contributed by atoms with Gasteiger partial charge in [0.05, 0.1) is 0 Å². The Labute approximate surface area is 127 Å². The molecule has 2 rings (SSSR count). The molecule has 0 saturated heterocycles. The first-order valence-corrected chi connectivity index (χ1v) is 8.68. The Morgan fingerprint density at radius 1 is 0.950 bits per heavy atom. The zero-order valence-electron chi connectivity index (χ0n) is 11.7. The Morgan fingerprint density at radius 2 is 1.60 bits per heavy atom. The van der Waals surface area contributed by atoms with Gasteiger partial charge in [-0.25, -0.2) is 0 Å². The maximum atomic E-state index is 5.80. The van der Waals surface area contributed by atoms with Gasteiger partial charge in [-0.3, -0.25) is 0 Å². The van der Waals surface area contributed by atoms with Crippen LogP contribution in [-0.4, -0.2) is 33.2 Å². The fourth-order valence-electron chi connectivity index (χ4n) is 1.80. The van der Waals surface area contributed by atoms with Crippen molar-refractivity contribution in [2.75, 3.05) is 13.2 Å². The molecule has 1 unspecified atom stereocenters. The van der Waals surface area contributed by atoms with Gasteiger partial charge in [0.2, 0.25) is 0 Å². The van der Waals surface area contributed by atoms with Crippen LogP contribution in [0.1, 0.15) is 12.5 Å². The van der Waals surface area contributed by atoms with Gasteiger partial charge in [0.1, 0.15) is 0 Å².